The van der Waals surface area contributed by atoms with Gasteiger partial charge >= 0.3 is 0 Å². The van der Waals surface area contributed by atoms with Crippen molar-refractivity contribution in [2.45, 2.75) is 13.8 Å². The largest absolute Gasteiger partial charge is 0.344 e. The van der Waals surface area contributed by atoms with Gasteiger partial charge in [0.25, 0.3) is 0 Å². The van der Waals surface area contributed by atoms with E-state index >= 15 is 0 Å². The number of aromatic amines is 1. The van der Waals surface area contributed by atoms with Gasteiger partial charge in [-0.1, -0.05) is 23.7 Å². The van der Waals surface area contributed by atoms with Crippen molar-refractivity contribution in [3.8, 4) is 32.7 Å². The minimum Gasteiger partial charge on any atom is -0.344 e. The van der Waals surface area contributed by atoms with Gasteiger partial charge in [-0.05, 0) is 18.6 Å². The minimum absolute atomic E-state index is 0.202. The first-order valence-electron chi connectivity index (χ1n) is 8.38. The van der Waals surface area contributed by atoms with Crippen molar-refractivity contribution in [2.75, 3.05) is 5.32 Å². The molecule has 0 fully saturated rings. The molecule has 1 aromatic carbocycles. The Morgan fingerprint density at radius 2 is 2.07 bits per heavy atom. The molecule has 0 aliphatic carbocycles. The van der Waals surface area contributed by atoms with Crippen LogP contribution in [0.4, 0.5) is 5.82 Å². The van der Waals surface area contributed by atoms with Crippen molar-refractivity contribution in [3.05, 3.63) is 53.6 Å². The van der Waals surface area contributed by atoms with Crippen LogP contribution in [0.15, 0.2) is 43.0 Å². The first-order chi connectivity index (χ1) is 13.5. The fourth-order valence-corrected chi connectivity index (χ4v) is 4.03. The Morgan fingerprint density at radius 3 is 2.79 bits per heavy atom. The van der Waals surface area contributed by atoms with Crippen LogP contribution in [-0.4, -0.2) is 30.8 Å². The van der Waals surface area contributed by atoms with Crippen LogP contribution >= 0.6 is 22.9 Å². The third kappa shape index (κ3) is 3.64. The molecular weight excluding hydrogens is 396 g/mol. The van der Waals surface area contributed by atoms with Crippen molar-refractivity contribution >= 4 is 34.7 Å². The van der Waals surface area contributed by atoms with E-state index < -0.39 is 0 Å². The van der Waals surface area contributed by atoms with Crippen molar-refractivity contribution in [1.29, 1.82) is 0 Å². The molecule has 0 saturated carbocycles. The first kappa shape index (κ1) is 18.3. The summed E-state index contributed by atoms with van der Waals surface area (Å²) in [4.78, 5) is 32.8. The lowest BCUT2D eigenvalue weighted by Gasteiger charge is -2.04. The predicted octanol–water partition coefficient (Wildman–Crippen LogP) is 4.58. The maximum Gasteiger partial charge on any atom is 0.222 e. The molecule has 4 aromatic rings. The van der Waals surface area contributed by atoms with Crippen LogP contribution in [0.25, 0.3) is 32.7 Å². The van der Waals surface area contributed by atoms with Gasteiger partial charge in [0.15, 0.2) is 0 Å². The average Bonchev–Trinajstić information content (AvgIpc) is 3.31. The molecule has 7 nitrogen and oxygen atoms in total. The van der Waals surface area contributed by atoms with E-state index in [4.69, 9.17) is 16.6 Å². The maximum absolute atomic E-state index is 11.3. The summed E-state index contributed by atoms with van der Waals surface area (Å²) in [6.07, 6.45) is 4.84. The van der Waals surface area contributed by atoms with Gasteiger partial charge in [-0.3, -0.25) is 4.79 Å². The number of hydrogen-bond acceptors (Lipinski definition) is 6. The second-order valence-corrected chi connectivity index (χ2v) is 7.49. The van der Waals surface area contributed by atoms with Crippen LogP contribution in [0, 0.1) is 6.92 Å². The van der Waals surface area contributed by atoms with Gasteiger partial charge in [0.1, 0.15) is 28.7 Å². The number of imidazole rings is 1. The Morgan fingerprint density at radius 1 is 1.21 bits per heavy atom. The molecule has 0 radical (unpaired) electrons. The van der Waals surface area contributed by atoms with E-state index in [2.05, 4.69) is 25.3 Å². The number of anilines is 1. The van der Waals surface area contributed by atoms with E-state index in [1.807, 2.05) is 25.1 Å². The lowest BCUT2D eigenvalue weighted by Crippen LogP contribution is -2.07. The van der Waals surface area contributed by atoms with Gasteiger partial charge < -0.3 is 10.3 Å². The summed E-state index contributed by atoms with van der Waals surface area (Å²) >= 11 is 7.94. The molecule has 140 valence electrons. The number of aryl methyl sites for hydroxylation is 1. The van der Waals surface area contributed by atoms with E-state index in [0.29, 0.717) is 27.4 Å². The standard InChI is InChI=1S/C19H15ClN6OS/c1-10-3-4-12(13(20)7-10)16-17(18-21-5-6-22-18)28-19(26-16)14-8-15(24-9-23-14)25-11(2)27/h3-9H,1-2H3,(H,21,22)(H,23,24,25,27). The average molecular weight is 411 g/mol. The van der Waals surface area contributed by atoms with Crippen LogP contribution in [-0.2, 0) is 4.79 Å². The van der Waals surface area contributed by atoms with Gasteiger partial charge in [0.05, 0.1) is 15.6 Å². The third-order valence-corrected chi connectivity index (χ3v) is 5.31. The molecule has 2 N–H and O–H groups in total. The Labute approximate surface area is 169 Å². The quantitative estimate of drug-likeness (QED) is 0.513. The van der Waals surface area contributed by atoms with Crippen LogP contribution in [0.2, 0.25) is 5.02 Å². The van der Waals surface area contributed by atoms with Crippen molar-refractivity contribution in [2.24, 2.45) is 0 Å². The first-order valence-corrected chi connectivity index (χ1v) is 9.58. The number of rotatable bonds is 4. The third-order valence-electron chi connectivity index (χ3n) is 3.91. The summed E-state index contributed by atoms with van der Waals surface area (Å²) in [5.41, 5.74) is 3.21. The SMILES string of the molecule is CC(=O)Nc1cc(-c2nc(-c3ccc(C)cc3Cl)c(-c3ncc[nH]3)s2)ncn1. The lowest BCUT2D eigenvalue weighted by molar-refractivity contribution is -0.114. The molecular formula is C19H15ClN6OS. The molecule has 3 heterocycles. The number of carbonyl (C=O) groups excluding carboxylic acids is 1. The van der Waals surface area contributed by atoms with E-state index in [0.717, 1.165) is 21.7 Å². The second-order valence-electron chi connectivity index (χ2n) is 6.09. The summed E-state index contributed by atoms with van der Waals surface area (Å²) in [7, 11) is 0. The molecule has 1 amide bonds. The van der Waals surface area contributed by atoms with E-state index in [1.165, 1.54) is 24.6 Å². The predicted molar refractivity (Wildman–Crippen MR) is 110 cm³/mol. The Kier molecular flexibility index (Phi) is 4.89. The monoisotopic (exact) mass is 410 g/mol. The number of thiazole rings is 1. The van der Waals surface area contributed by atoms with E-state index in [1.54, 1.807) is 18.5 Å². The molecule has 0 spiro atoms. The Bertz CT molecular complexity index is 1160. The second kappa shape index (κ2) is 7.49. The van der Waals surface area contributed by atoms with Gasteiger partial charge in [0, 0.05) is 30.9 Å². The number of nitrogens with zero attached hydrogens (tertiary/aromatic N) is 4. The Balaban J connectivity index is 1.86. The van der Waals surface area contributed by atoms with Gasteiger partial charge in [-0.15, -0.1) is 11.3 Å². The molecule has 0 atom stereocenters. The van der Waals surface area contributed by atoms with Crippen LogP contribution in [0.1, 0.15) is 12.5 Å². The fourth-order valence-electron chi connectivity index (χ4n) is 2.70. The zero-order valence-corrected chi connectivity index (χ0v) is 16.6. The zero-order chi connectivity index (χ0) is 19.7. The fraction of sp³-hybridized carbons (Fsp3) is 0.105. The number of aromatic nitrogens is 5. The van der Waals surface area contributed by atoms with Crippen LogP contribution < -0.4 is 5.32 Å². The van der Waals surface area contributed by atoms with Crippen molar-refractivity contribution < 1.29 is 4.79 Å². The normalized spacial score (nSPS) is 10.8. The van der Waals surface area contributed by atoms with Gasteiger partial charge in [0.2, 0.25) is 5.91 Å². The molecule has 0 unspecified atom stereocenters. The van der Waals surface area contributed by atoms with Crippen LogP contribution in [0.3, 0.4) is 0 Å². The molecule has 0 bridgehead atoms. The van der Waals surface area contributed by atoms with Gasteiger partial charge in [-0.2, -0.15) is 0 Å². The highest BCUT2D eigenvalue weighted by Crippen LogP contribution is 2.41. The Hall–Kier alpha value is -3.10. The number of carbonyl (C=O) groups is 1. The molecule has 3 aromatic heterocycles. The van der Waals surface area contributed by atoms with Crippen LogP contribution in [0.5, 0.6) is 0 Å². The number of H-pyrrole nitrogens is 1. The van der Waals surface area contributed by atoms with Crippen molar-refractivity contribution in [3.63, 3.8) is 0 Å². The molecule has 28 heavy (non-hydrogen) atoms. The van der Waals surface area contributed by atoms with E-state index in [9.17, 15) is 4.79 Å². The highest BCUT2D eigenvalue weighted by Gasteiger charge is 2.20. The number of nitrogens with one attached hydrogen (secondary N) is 2. The number of amides is 1. The summed E-state index contributed by atoms with van der Waals surface area (Å²) in [6.45, 7) is 3.41. The number of benzene rings is 1. The maximum atomic E-state index is 11.3. The van der Waals surface area contributed by atoms with E-state index in [-0.39, 0.29) is 5.91 Å². The molecule has 4 rings (SSSR count). The molecule has 0 aliphatic heterocycles. The highest BCUT2D eigenvalue weighted by molar-refractivity contribution is 7.18. The molecule has 0 saturated heterocycles. The number of halogens is 1. The zero-order valence-electron chi connectivity index (χ0n) is 15.0. The molecule has 0 aliphatic rings. The molecule has 9 heteroatoms. The smallest absolute Gasteiger partial charge is 0.222 e. The highest BCUT2D eigenvalue weighted by atomic mass is 35.5. The minimum atomic E-state index is -0.202. The van der Waals surface area contributed by atoms with Gasteiger partial charge in [-0.25, -0.2) is 19.9 Å². The van der Waals surface area contributed by atoms with Crippen molar-refractivity contribution in [1.82, 2.24) is 24.9 Å². The summed E-state index contributed by atoms with van der Waals surface area (Å²) < 4.78 is 0. The number of hydrogen-bond donors (Lipinski definition) is 2. The summed E-state index contributed by atoms with van der Waals surface area (Å²) in [5.74, 6) is 0.917. The summed E-state index contributed by atoms with van der Waals surface area (Å²) in [6, 6.07) is 7.53. The topological polar surface area (TPSA) is 96.5 Å². The summed E-state index contributed by atoms with van der Waals surface area (Å²) in [5, 5.41) is 3.95. The lowest BCUT2D eigenvalue weighted by atomic mass is 10.1.